The molecule has 1 saturated heterocycles. The number of halogens is 1. The van der Waals surface area contributed by atoms with Gasteiger partial charge in [0.05, 0.1) is 24.4 Å². The van der Waals surface area contributed by atoms with Gasteiger partial charge in [-0.05, 0) is 19.1 Å². The number of nitrogens with zero attached hydrogens (tertiary/aromatic N) is 4. The Bertz CT molecular complexity index is 1130. The number of aromatic nitrogens is 2. The molecular formula is C21H23FN4O4. The number of ether oxygens (including phenoxy) is 1. The van der Waals surface area contributed by atoms with Crippen LogP contribution in [-0.2, 0) is 11.3 Å². The monoisotopic (exact) mass is 414 g/mol. The molecule has 0 atom stereocenters. The van der Waals surface area contributed by atoms with Crippen LogP contribution in [0, 0.1) is 12.7 Å². The predicted octanol–water partition coefficient (Wildman–Crippen LogP) is 2.05. The second-order valence-corrected chi connectivity index (χ2v) is 7.18. The van der Waals surface area contributed by atoms with Gasteiger partial charge in [0.1, 0.15) is 23.3 Å². The highest BCUT2D eigenvalue weighted by atomic mass is 19.1. The summed E-state index contributed by atoms with van der Waals surface area (Å²) in [4.78, 5) is 33.9. The molecule has 3 aromatic rings. The van der Waals surface area contributed by atoms with Crippen molar-refractivity contribution in [1.29, 1.82) is 0 Å². The van der Waals surface area contributed by atoms with Gasteiger partial charge in [-0.2, -0.15) is 0 Å². The average molecular weight is 414 g/mol. The molecule has 8 nitrogen and oxygen atoms in total. The van der Waals surface area contributed by atoms with Gasteiger partial charge in [0.25, 0.3) is 11.5 Å². The molecule has 1 aromatic carbocycles. The molecule has 0 unspecified atom stereocenters. The number of hydrogen-bond acceptors (Lipinski definition) is 6. The summed E-state index contributed by atoms with van der Waals surface area (Å²) in [5, 5.41) is 0.188. The van der Waals surface area contributed by atoms with E-state index in [-0.39, 0.29) is 33.9 Å². The third kappa shape index (κ3) is 3.56. The number of hydrogen-bond donors (Lipinski definition) is 0. The van der Waals surface area contributed by atoms with Crippen LogP contribution in [0.4, 0.5) is 10.1 Å². The summed E-state index contributed by atoms with van der Waals surface area (Å²) in [7, 11) is 1.55. The van der Waals surface area contributed by atoms with E-state index in [0.29, 0.717) is 50.8 Å². The smallest absolute Gasteiger partial charge is 0.265 e. The molecule has 0 aliphatic carbocycles. The fourth-order valence-corrected chi connectivity index (χ4v) is 3.76. The van der Waals surface area contributed by atoms with Gasteiger partial charge in [-0.1, -0.05) is 12.1 Å². The zero-order chi connectivity index (χ0) is 21.3. The summed E-state index contributed by atoms with van der Waals surface area (Å²) in [5.41, 5.74) is 0.593. The van der Waals surface area contributed by atoms with E-state index in [1.807, 2.05) is 4.90 Å². The first-order valence-electron chi connectivity index (χ1n) is 9.77. The summed E-state index contributed by atoms with van der Waals surface area (Å²) < 4.78 is 26.1. The van der Waals surface area contributed by atoms with E-state index in [1.54, 1.807) is 37.1 Å². The first kappa shape index (κ1) is 20.1. The molecule has 2 aromatic heterocycles. The number of furan rings is 1. The summed E-state index contributed by atoms with van der Waals surface area (Å²) in [6, 6.07) is 6.60. The van der Waals surface area contributed by atoms with Crippen LogP contribution in [0.15, 0.2) is 39.8 Å². The molecule has 30 heavy (non-hydrogen) atoms. The zero-order valence-electron chi connectivity index (χ0n) is 16.9. The van der Waals surface area contributed by atoms with Gasteiger partial charge in [-0.3, -0.25) is 14.2 Å². The van der Waals surface area contributed by atoms with Gasteiger partial charge in [0.15, 0.2) is 0 Å². The number of methoxy groups -OCH3 is 1. The Hall–Kier alpha value is -3.20. The van der Waals surface area contributed by atoms with E-state index in [9.17, 15) is 14.0 Å². The van der Waals surface area contributed by atoms with Crippen LogP contribution in [-0.4, -0.2) is 60.3 Å². The lowest BCUT2D eigenvalue weighted by Crippen LogP contribution is -2.49. The van der Waals surface area contributed by atoms with Crippen LogP contribution >= 0.6 is 0 Å². The molecule has 0 saturated carbocycles. The van der Waals surface area contributed by atoms with E-state index in [2.05, 4.69) is 4.98 Å². The largest absolute Gasteiger partial charge is 0.442 e. The molecule has 4 rings (SSSR count). The van der Waals surface area contributed by atoms with Crippen LogP contribution in [0.25, 0.3) is 11.1 Å². The number of amides is 1. The summed E-state index contributed by atoms with van der Waals surface area (Å²) in [5.74, 6) is -0.194. The number of carbonyl (C=O) groups excluding carboxylic acids is 1. The highest BCUT2D eigenvalue weighted by Crippen LogP contribution is 2.25. The molecule has 1 aliphatic rings. The maximum atomic E-state index is 14.1. The standard InChI is InChI=1S/C21H23FN4O4/c1-14-17(18-19(30-14)23-13-26(21(18)28)11-12-29-2)20(27)25-9-7-24(8-10-25)16-6-4-3-5-15(16)22/h3-6,13H,7-12H2,1-2H3. The number of rotatable bonds is 5. The Labute approximate surface area is 172 Å². The lowest BCUT2D eigenvalue weighted by Gasteiger charge is -2.36. The molecule has 0 spiro atoms. The highest BCUT2D eigenvalue weighted by molar-refractivity contribution is 6.06. The Morgan fingerprint density at radius 1 is 1.23 bits per heavy atom. The summed E-state index contributed by atoms with van der Waals surface area (Å²) in [6.45, 7) is 4.16. The SMILES string of the molecule is COCCn1cnc2oc(C)c(C(=O)N3CCN(c4ccccc4F)CC3)c2c1=O. The van der Waals surface area contributed by atoms with E-state index in [4.69, 9.17) is 9.15 Å². The Balaban J connectivity index is 1.59. The molecule has 1 fully saturated rings. The number of piperazine rings is 1. The minimum atomic E-state index is -0.331. The van der Waals surface area contributed by atoms with Crippen molar-refractivity contribution < 1.29 is 18.3 Å². The molecule has 1 amide bonds. The van der Waals surface area contributed by atoms with Crippen LogP contribution in [0.1, 0.15) is 16.1 Å². The van der Waals surface area contributed by atoms with Crippen molar-refractivity contribution in [1.82, 2.24) is 14.5 Å². The third-order valence-electron chi connectivity index (χ3n) is 5.36. The van der Waals surface area contributed by atoms with E-state index in [1.165, 1.54) is 17.0 Å². The van der Waals surface area contributed by atoms with Crippen LogP contribution < -0.4 is 10.5 Å². The van der Waals surface area contributed by atoms with Gasteiger partial charge >= 0.3 is 0 Å². The first-order chi connectivity index (χ1) is 14.5. The van der Waals surface area contributed by atoms with Crippen molar-refractivity contribution in [3.8, 4) is 0 Å². The fraction of sp³-hybridized carbons (Fsp3) is 0.381. The molecule has 0 bridgehead atoms. The minimum Gasteiger partial charge on any atom is -0.442 e. The van der Waals surface area contributed by atoms with E-state index >= 15 is 0 Å². The van der Waals surface area contributed by atoms with Gasteiger partial charge in [-0.25, -0.2) is 9.37 Å². The van der Waals surface area contributed by atoms with Crippen LogP contribution in [0.3, 0.4) is 0 Å². The van der Waals surface area contributed by atoms with E-state index in [0.717, 1.165) is 0 Å². The van der Waals surface area contributed by atoms with Gasteiger partial charge in [-0.15, -0.1) is 0 Å². The van der Waals surface area contributed by atoms with Gasteiger partial charge < -0.3 is 19.0 Å². The fourth-order valence-electron chi connectivity index (χ4n) is 3.76. The molecule has 9 heteroatoms. The van der Waals surface area contributed by atoms with Crippen molar-refractivity contribution in [3.05, 3.63) is 58.1 Å². The second kappa shape index (κ2) is 8.27. The number of carbonyl (C=O) groups is 1. The van der Waals surface area contributed by atoms with Crippen molar-refractivity contribution in [2.45, 2.75) is 13.5 Å². The van der Waals surface area contributed by atoms with Crippen molar-refractivity contribution >= 4 is 22.7 Å². The average Bonchev–Trinajstić information content (AvgIpc) is 3.10. The quantitative estimate of drug-likeness (QED) is 0.636. The van der Waals surface area contributed by atoms with E-state index < -0.39 is 0 Å². The topological polar surface area (TPSA) is 80.8 Å². The number of aryl methyl sites for hydroxylation is 1. The summed E-state index contributed by atoms with van der Waals surface area (Å²) >= 11 is 0. The number of anilines is 1. The number of para-hydroxylation sites is 1. The highest BCUT2D eigenvalue weighted by Gasteiger charge is 2.29. The van der Waals surface area contributed by atoms with Crippen molar-refractivity contribution in [3.63, 3.8) is 0 Å². The number of fused-ring (bicyclic) bond motifs is 1. The molecule has 1 aliphatic heterocycles. The molecule has 158 valence electrons. The van der Waals surface area contributed by atoms with Crippen molar-refractivity contribution in [2.75, 3.05) is 44.8 Å². The number of benzene rings is 1. The minimum absolute atomic E-state index is 0.152. The van der Waals surface area contributed by atoms with Crippen molar-refractivity contribution in [2.24, 2.45) is 0 Å². The second-order valence-electron chi connectivity index (χ2n) is 7.18. The maximum absolute atomic E-state index is 14.1. The third-order valence-corrected chi connectivity index (χ3v) is 5.36. The van der Waals surface area contributed by atoms with Crippen LogP contribution in [0.2, 0.25) is 0 Å². The lowest BCUT2D eigenvalue weighted by atomic mass is 10.1. The Morgan fingerprint density at radius 2 is 1.97 bits per heavy atom. The zero-order valence-corrected chi connectivity index (χ0v) is 16.9. The van der Waals surface area contributed by atoms with Gasteiger partial charge in [0.2, 0.25) is 5.71 Å². The lowest BCUT2D eigenvalue weighted by molar-refractivity contribution is 0.0746. The molecular weight excluding hydrogens is 391 g/mol. The van der Waals surface area contributed by atoms with Gasteiger partial charge in [0, 0.05) is 33.3 Å². The molecule has 0 N–H and O–H groups in total. The molecule has 0 radical (unpaired) electrons. The summed E-state index contributed by atoms with van der Waals surface area (Å²) in [6.07, 6.45) is 1.40. The Kier molecular flexibility index (Phi) is 5.54. The normalized spacial score (nSPS) is 14.5. The van der Waals surface area contributed by atoms with Crippen LogP contribution in [0.5, 0.6) is 0 Å². The Morgan fingerprint density at radius 3 is 2.67 bits per heavy atom. The maximum Gasteiger partial charge on any atom is 0.265 e. The molecule has 3 heterocycles. The first-order valence-corrected chi connectivity index (χ1v) is 9.77. The predicted molar refractivity (Wildman–Crippen MR) is 109 cm³/mol.